The van der Waals surface area contributed by atoms with Crippen LogP contribution in [0.3, 0.4) is 0 Å². The molecule has 2 N–H and O–H groups in total. The minimum absolute atomic E-state index is 0.0589. The second-order valence-electron chi connectivity index (χ2n) is 8.50. The lowest BCUT2D eigenvalue weighted by atomic mass is 9.79. The fourth-order valence-electron chi connectivity index (χ4n) is 3.34. The number of oxime groups is 1. The average Bonchev–Trinajstić information content (AvgIpc) is 2.79. The third-order valence-electron chi connectivity index (χ3n) is 5.13. The number of hydrogen-bond donors (Lipinski definition) is 2. The summed E-state index contributed by atoms with van der Waals surface area (Å²) < 4.78 is 5.02. The molecule has 0 aliphatic carbocycles. The van der Waals surface area contributed by atoms with Gasteiger partial charge in [-0.2, -0.15) is 0 Å². The molecule has 0 fully saturated rings. The molecule has 2 rings (SSSR count). The molecule has 8 nitrogen and oxygen atoms in total. The third kappa shape index (κ3) is 9.44. The van der Waals surface area contributed by atoms with Crippen LogP contribution in [0.4, 0.5) is 0 Å². The van der Waals surface area contributed by atoms with E-state index in [-0.39, 0.29) is 25.4 Å². The molecule has 0 heterocycles. The van der Waals surface area contributed by atoms with Gasteiger partial charge in [0.15, 0.2) is 0 Å². The molecular weight excluding hydrogens is 436 g/mol. The number of ether oxygens (including phenoxy) is 1. The Morgan fingerprint density at radius 1 is 0.971 bits per heavy atom. The quantitative estimate of drug-likeness (QED) is 0.264. The van der Waals surface area contributed by atoms with Gasteiger partial charge in [0, 0.05) is 12.0 Å². The molecule has 0 aromatic heterocycles. The first-order valence-electron chi connectivity index (χ1n) is 11.1. The van der Waals surface area contributed by atoms with Crippen LogP contribution in [0.15, 0.2) is 59.8 Å². The van der Waals surface area contributed by atoms with Crippen LogP contribution in [-0.4, -0.2) is 41.9 Å². The van der Waals surface area contributed by atoms with Crippen molar-refractivity contribution in [1.29, 1.82) is 0 Å². The Balaban J connectivity index is 1.99. The Morgan fingerprint density at radius 2 is 1.62 bits per heavy atom. The fraction of sp³-hybridized carbons (Fsp3) is 0.385. The maximum atomic E-state index is 12.3. The smallest absolute Gasteiger partial charge is 0.344 e. The number of carbonyl (C=O) groups excluding carboxylic acids is 2. The molecule has 0 bridgehead atoms. The molecule has 0 atom stereocenters. The number of esters is 1. The van der Waals surface area contributed by atoms with Crippen molar-refractivity contribution < 1.29 is 29.1 Å². The lowest BCUT2D eigenvalue weighted by molar-refractivity contribution is -0.142. The molecule has 0 aliphatic rings. The van der Waals surface area contributed by atoms with Gasteiger partial charge in [-0.25, -0.2) is 4.79 Å². The molecule has 1 amide bonds. The lowest BCUT2D eigenvalue weighted by Crippen LogP contribution is -2.30. The van der Waals surface area contributed by atoms with Gasteiger partial charge in [0.05, 0.1) is 25.2 Å². The normalized spacial score (nSPS) is 11.6. The average molecular weight is 469 g/mol. The predicted octanol–water partition coefficient (Wildman–Crippen LogP) is 3.52. The van der Waals surface area contributed by atoms with E-state index in [2.05, 4.69) is 10.5 Å². The summed E-state index contributed by atoms with van der Waals surface area (Å²) >= 11 is 0. The van der Waals surface area contributed by atoms with E-state index in [9.17, 15) is 14.4 Å². The number of amides is 1. The summed E-state index contributed by atoms with van der Waals surface area (Å²) in [5.74, 6) is -1.66. The van der Waals surface area contributed by atoms with Crippen LogP contribution in [0.2, 0.25) is 0 Å². The van der Waals surface area contributed by atoms with Gasteiger partial charge >= 0.3 is 11.9 Å². The van der Waals surface area contributed by atoms with E-state index in [1.807, 2.05) is 68.4 Å². The van der Waals surface area contributed by atoms with E-state index >= 15 is 0 Å². The molecule has 0 unspecified atom stereocenters. The summed E-state index contributed by atoms with van der Waals surface area (Å²) in [6.45, 7) is 5.65. The molecule has 34 heavy (non-hydrogen) atoms. The van der Waals surface area contributed by atoms with Gasteiger partial charge < -0.3 is 20.0 Å². The van der Waals surface area contributed by atoms with Crippen molar-refractivity contribution in [2.75, 3.05) is 13.2 Å². The number of benzene rings is 2. The number of rotatable bonds is 13. The van der Waals surface area contributed by atoms with Gasteiger partial charge in [-0.3, -0.25) is 9.59 Å². The monoisotopic (exact) mass is 468 g/mol. The predicted molar refractivity (Wildman–Crippen MR) is 128 cm³/mol. The lowest BCUT2D eigenvalue weighted by Gasteiger charge is -2.26. The van der Waals surface area contributed by atoms with E-state index < -0.39 is 24.0 Å². The summed E-state index contributed by atoms with van der Waals surface area (Å²) in [7, 11) is 0. The summed E-state index contributed by atoms with van der Waals surface area (Å²) in [4.78, 5) is 40.0. The first kappa shape index (κ1) is 26.6. The van der Waals surface area contributed by atoms with E-state index in [1.54, 1.807) is 6.92 Å². The standard InChI is InChI=1S/C26H32N2O6/c1-4-33-25(32)15-22(28-34-18-24(30)31)26(2,3)16-20-12-10-19(11-13-20)14-23(29)27-17-21-8-6-5-7-9-21/h5-13H,4,14-18H2,1-3H3,(H,27,29)(H,30,31)/b28-22+. The Morgan fingerprint density at radius 3 is 2.24 bits per heavy atom. The van der Waals surface area contributed by atoms with Gasteiger partial charge in [-0.15, -0.1) is 0 Å². The Kier molecular flexibility index (Phi) is 10.3. The van der Waals surface area contributed by atoms with Crippen LogP contribution in [0.1, 0.15) is 43.9 Å². The van der Waals surface area contributed by atoms with Crippen molar-refractivity contribution in [2.45, 2.75) is 46.6 Å². The molecule has 0 aliphatic heterocycles. The highest BCUT2D eigenvalue weighted by Crippen LogP contribution is 2.26. The van der Waals surface area contributed by atoms with Crippen molar-refractivity contribution in [2.24, 2.45) is 10.6 Å². The van der Waals surface area contributed by atoms with E-state index in [1.165, 1.54) is 0 Å². The van der Waals surface area contributed by atoms with Gasteiger partial charge in [-0.1, -0.05) is 73.6 Å². The molecule has 8 heteroatoms. The highest BCUT2D eigenvalue weighted by atomic mass is 16.6. The number of aliphatic carboxylic acids is 1. The molecule has 0 radical (unpaired) electrons. The van der Waals surface area contributed by atoms with Crippen molar-refractivity contribution >= 4 is 23.6 Å². The zero-order valence-corrected chi connectivity index (χ0v) is 19.9. The molecule has 182 valence electrons. The van der Waals surface area contributed by atoms with Crippen molar-refractivity contribution in [1.82, 2.24) is 5.32 Å². The number of carboxylic acid groups (broad SMARTS) is 1. The van der Waals surface area contributed by atoms with E-state index in [0.29, 0.717) is 18.7 Å². The highest BCUT2D eigenvalue weighted by molar-refractivity contribution is 6.01. The van der Waals surface area contributed by atoms with Crippen molar-refractivity contribution in [3.05, 3.63) is 71.3 Å². The van der Waals surface area contributed by atoms with Gasteiger partial charge in [-0.05, 0) is 30.0 Å². The topological polar surface area (TPSA) is 114 Å². The van der Waals surface area contributed by atoms with Crippen LogP contribution in [0.25, 0.3) is 0 Å². The fourth-order valence-corrected chi connectivity index (χ4v) is 3.34. The van der Waals surface area contributed by atoms with Gasteiger partial charge in [0.25, 0.3) is 0 Å². The minimum atomic E-state index is -1.15. The van der Waals surface area contributed by atoms with Crippen LogP contribution in [-0.2, 0) is 43.3 Å². The Bertz CT molecular complexity index is 984. The zero-order valence-electron chi connectivity index (χ0n) is 19.9. The maximum absolute atomic E-state index is 12.3. The number of hydrogen-bond acceptors (Lipinski definition) is 6. The molecular formula is C26H32N2O6. The van der Waals surface area contributed by atoms with Crippen molar-refractivity contribution in [3.63, 3.8) is 0 Å². The highest BCUT2D eigenvalue weighted by Gasteiger charge is 2.29. The number of carbonyl (C=O) groups is 3. The zero-order chi connectivity index (χ0) is 25.0. The summed E-state index contributed by atoms with van der Waals surface area (Å²) in [6.07, 6.45) is 0.706. The molecule has 2 aromatic carbocycles. The van der Waals surface area contributed by atoms with Gasteiger partial charge in [0.1, 0.15) is 0 Å². The van der Waals surface area contributed by atoms with Crippen LogP contribution < -0.4 is 5.32 Å². The van der Waals surface area contributed by atoms with Crippen molar-refractivity contribution in [3.8, 4) is 0 Å². The number of carboxylic acids is 1. The number of nitrogens with one attached hydrogen (secondary N) is 1. The number of nitrogens with zero attached hydrogens (tertiary/aromatic N) is 1. The summed E-state index contributed by atoms with van der Waals surface area (Å²) in [6, 6.07) is 17.4. The van der Waals surface area contributed by atoms with Crippen LogP contribution in [0.5, 0.6) is 0 Å². The molecule has 0 saturated heterocycles. The molecule has 0 spiro atoms. The third-order valence-corrected chi connectivity index (χ3v) is 5.13. The SMILES string of the molecule is CCOC(=O)C/C(=N\OCC(=O)O)C(C)(C)Cc1ccc(CC(=O)NCc2ccccc2)cc1. The Labute approximate surface area is 200 Å². The van der Waals surface area contributed by atoms with Gasteiger partial charge in [0.2, 0.25) is 12.5 Å². The summed E-state index contributed by atoms with van der Waals surface area (Å²) in [5.41, 5.74) is 2.71. The minimum Gasteiger partial charge on any atom is -0.479 e. The molecule has 2 aromatic rings. The second-order valence-corrected chi connectivity index (χ2v) is 8.50. The molecule has 0 saturated carbocycles. The first-order valence-corrected chi connectivity index (χ1v) is 11.1. The van der Waals surface area contributed by atoms with E-state index in [0.717, 1.165) is 16.7 Å². The maximum Gasteiger partial charge on any atom is 0.344 e. The summed E-state index contributed by atoms with van der Waals surface area (Å²) in [5, 5.41) is 15.7. The first-order chi connectivity index (χ1) is 16.2. The largest absolute Gasteiger partial charge is 0.479 e. The Hall–Kier alpha value is -3.68. The van der Waals surface area contributed by atoms with Crippen LogP contribution in [0, 0.1) is 5.41 Å². The van der Waals surface area contributed by atoms with Crippen LogP contribution >= 0.6 is 0 Å². The second kappa shape index (κ2) is 13.1. The van der Waals surface area contributed by atoms with E-state index in [4.69, 9.17) is 14.7 Å².